The lowest BCUT2D eigenvalue weighted by molar-refractivity contribution is 0.0926. The molecule has 0 aliphatic heterocycles. The summed E-state index contributed by atoms with van der Waals surface area (Å²) in [4.78, 5) is 11.6. The summed E-state index contributed by atoms with van der Waals surface area (Å²) < 4.78 is 7.32. The number of nitrogens with one attached hydrogen (secondary N) is 1. The maximum absolute atomic E-state index is 11.6. The van der Waals surface area contributed by atoms with Gasteiger partial charge in [-0.05, 0) is 35.0 Å². The van der Waals surface area contributed by atoms with Crippen LogP contribution in [-0.4, -0.2) is 21.9 Å². The number of carbonyl (C=O) groups is 1. The smallest absolute Gasteiger partial charge is 0.307 e. The second kappa shape index (κ2) is 5.18. The van der Waals surface area contributed by atoms with Crippen LogP contribution < -0.4 is 5.43 Å². The minimum atomic E-state index is -0.404. The number of hydrogen-bond donors (Lipinski definition) is 1. The van der Waals surface area contributed by atoms with Crippen LogP contribution in [0.3, 0.4) is 0 Å². The van der Waals surface area contributed by atoms with Gasteiger partial charge in [0, 0.05) is 18.3 Å². The highest BCUT2D eigenvalue weighted by molar-refractivity contribution is 9.10. The number of aromatic nitrogens is 2. The summed E-state index contributed by atoms with van der Waals surface area (Å²) in [6, 6.07) is 3.20. The van der Waals surface area contributed by atoms with Gasteiger partial charge < -0.3 is 4.42 Å². The molecular formula is C11H11BrN4O2. The van der Waals surface area contributed by atoms with Crippen molar-refractivity contribution in [3.8, 4) is 0 Å². The standard InChI is InChI=1S/C11H11BrN4O2/c1-7-8(6-14-16(7)2)5-13-15-11(17)9-3-4-10(12)18-9/h3-6H,1-2H3,(H,15,17)/b13-5-. The second-order valence-electron chi connectivity index (χ2n) is 3.61. The van der Waals surface area contributed by atoms with Gasteiger partial charge in [0.1, 0.15) is 0 Å². The normalized spacial score (nSPS) is 11.1. The summed E-state index contributed by atoms with van der Waals surface area (Å²) in [7, 11) is 1.84. The third kappa shape index (κ3) is 2.67. The molecule has 1 amide bonds. The van der Waals surface area contributed by atoms with Gasteiger partial charge in [0.2, 0.25) is 0 Å². The van der Waals surface area contributed by atoms with Crippen LogP contribution >= 0.6 is 15.9 Å². The molecular weight excluding hydrogens is 300 g/mol. The molecule has 2 aromatic rings. The summed E-state index contributed by atoms with van der Waals surface area (Å²) >= 11 is 3.12. The first kappa shape index (κ1) is 12.6. The first-order valence-corrected chi connectivity index (χ1v) is 5.94. The molecule has 0 fully saturated rings. The van der Waals surface area contributed by atoms with Crippen molar-refractivity contribution in [2.45, 2.75) is 6.92 Å². The number of rotatable bonds is 3. The first-order valence-electron chi connectivity index (χ1n) is 5.15. The van der Waals surface area contributed by atoms with Crippen LogP contribution in [0.25, 0.3) is 0 Å². The second-order valence-corrected chi connectivity index (χ2v) is 4.39. The Balaban J connectivity index is 2.00. The van der Waals surface area contributed by atoms with Crippen molar-refractivity contribution in [1.82, 2.24) is 15.2 Å². The Morgan fingerprint density at radius 2 is 2.39 bits per heavy atom. The van der Waals surface area contributed by atoms with Crippen LogP contribution in [0, 0.1) is 6.92 Å². The number of halogens is 1. The van der Waals surface area contributed by atoms with Gasteiger partial charge in [-0.15, -0.1) is 0 Å². The number of carbonyl (C=O) groups excluding carboxylic acids is 1. The Labute approximate surface area is 112 Å². The predicted octanol–water partition coefficient (Wildman–Crippen LogP) is 1.85. The van der Waals surface area contributed by atoms with Crippen molar-refractivity contribution in [2.24, 2.45) is 12.1 Å². The lowest BCUT2D eigenvalue weighted by Crippen LogP contribution is -2.16. The van der Waals surface area contributed by atoms with Gasteiger partial charge in [-0.3, -0.25) is 9.48 Å². The number of hydrazone groups is 1. The highest BCUT2D eigenvalue weighted by Crippen LogP contribution is 2.13. The summed E-state index contributed by atoms with van der Waals surface area (Å²) in [5.41, 5.74) is 4.19. The molecule has 0 spiro atoms. The van der Waals surface area contributed by atoms with E-state index in [9.17, 15) is 4.79 Å². The van der Waals surface area contributed by atoms with E-state index in [0.717, 1.165) is 11.3 Å². The average Bonchev–Trinajstić information content (AvgIpc) is 2.90. The van der Waals surface area contributed by atoms with Gasteiger partial charge in [-0.25, -0.2) is 5.43 Å². The molecule has 0 radical (unpaired) electrons. The van der Waals surface area contributed by atoms with E-state index >= 15 is 0 Å². The predicted molar refractivity (Wildman–Crippen MR) is 69.4 cm³/mol. The Hall–Kier alpha value is -1.89. The summed E-state index contributed by atoms with van der Waals surface area (Å²) in [5.74, 6) is -0.208. The van der Waals surface area contributed by atoms with Crippen molar-refractivity contribution in [3.05, 3.63) is 40.0 Å². The number of nitrogens with zero attached hydrogens (tertiary/aromatic N) is 3. The molecule has 0 atom stereocenters. The lowest BCUT2D eigenvalue weighted by atomic mass is 10.3. The molecule has 0 aliphatic carbocycles. The molecule has 0 aliphatic rings. The molecule has 0 aromatic carbocycles. The first-order chi connectivity index (χ1) is 8.58. The summed E-state index contributed by atoms with van der Waals surface area (Å²) in [6.07, 6.45) is 3.21. The number of aryl methyl sites for hydroxylation is 1. The SMILES string of the molecule is Cc1c(/C=N\NC(=O)c2ccc(Br)o2)cnn1C. The molecule has 2 rings (SSSR count). The molecule has 18 heavy (non-hydrogen) atoms. The largest absolute Gasteiger partial charge is 0.444 e. The molecule has 0 unspecified atom stereocenters. The molecule has 94 valence electrons. The maximum Gasteiger partial charge on any atom is 0.307 e. The van der Waals surface area contributed by atoms with E-state index in [4.69, 9.17) is 4.42 Å². The zero-order valence-corrected chi connectivity index (χ0v) is 11.4. The van der Waals surface area contributed by atoms with E-state index in [0.29, 0.717) is 4.67 Å². The zero-order chi connectivity index (χ0) is 13.1. The van der Waals surface area contributed by atoms with Crippen molar-refractivity contribution >= 4 is 28.1 Å². The Bertz CT molecular complexity index is 600. The van der Waals surface area contributed by atoms with Gasteiger partial charge in [-0.2, -0.15) is 10.2 Å². The number of amides is 1. The van der Waals surface area contributed by atoms with E-state index in [1.54, 1.807) is 23.0 Å². The maximum atomic E-state index is 11.6. The highest BCUT2D eigenvalue weighted by atomic mass is 79.9. The molecule has 2 heterocycles. The van der Waals surface area contributed by atoms with Crippen molar-refractivity contribution in [1.29, 1.82) is 0 Å². The minimum Gasteiger partial charge on any atom is -0.444 e. The molecule has 0 saturated heterocycles. The fourth-order valence-electron chi connectivity index (χ4n) is 1.29. The van der Waals surface area contributed by atoms with E-state index in [1.807, 2.05) is 14.0 Å². The Kier molecular flexibility index (Phi) is 3.61. The van der Waals surface area contributed by atoms with Gasteiger partial charge in [0.15, 0.2) is 10.4 Å². The lowest BCUT2D eigenvalue weighted by Gasteiger charge is -1.95. The van der Waals surface area contributed by atoms with Crippen molar-refractivity contribution in [3.63, 3.8) is 0 Å². The van der Waals surface area contributed by atoms with Crippen molar-refractivity contribution in [2.75, 3.05) is 0 Å². The summed E-state index contributed by atoms with van der Waals surface area (Å²) in [6.45, 7) is 1.92. The van der Waals surface area contributed by atoms with E-state index < -0.39 is 5.91 Å². The van der Waals surface area contributed by atoms with Crippen LogP contribution in [0.5, 0.6) is 0 Å². The highest BCUT2D eigenvalue weighted by Gasteiger charge is 2.08. The Morgan fingerprint density at radius 3 is 2.94 bits per heavy atom. The van der Waals surface area contributed by atoms with Crippen LogP contribution in [0.1, 0.15) is 21.8 Å². The third-order valence-corrected chi connectivity index (χ3v) is 2.87. The molecule has 1 N–H and O–H groups in total. The number of hydrogen-bond acceptors (Lipinski definition) is 4. The molecule has 2 aromatic heterocycles. The number of furan rings is 1. The van der Waals surface area contributed by atoms with Crippen LogP contribution in [-0.2, 0) is 7.05 Å². The van der Waals surface area contributed by atoms with Gasteiger partial charge in [0.05, 0.1) is 12.4 Å². The van der Waals surface area contributed by atoms with E-state index in [2.05, 4.69) is 31.6 Å². The quantitative estimate of drug-likeness (QED) is 0.694. The fourth-order valence-corrected chi connectivity index (χ4v) is 1.60. The molecule has 0 bridgehead atoms. The van der Waals surface area contributed by atoms with Crippen molar-refractivity contribution < 1.29 is 9.21 Å². The summed E-state index contributed by atoms with van der Waals surface area (Å²) in [5, 5.41) is 7.91. The monoisotopic (exact) mass is 310 g/mol. The van der Waals surface area contributed by atoms with E-state index in [-0.39, 0.29) is 5.76 Å². The molecule has 7 heteroatoms. The van der Waals surface area contributed by atoms with Crippen LogP contribution in [0.15, 0.2) is 32.5 Å². The minimum absolute atomic E-state index is 0.196. The zero-order valence-electron chi connectivity index (χ0n) is 9.85. The van der Waals surface area contributed by atoms with E-state index in [1.165, 1.54) is 6.21 Å². The molecule has 6 nitrogen and oxygen atoms in total. The van der Waals surface area contributed by atoms with Crippen LogP contribution in [0.2, 0.25) is 0 Å². The molecule has 0 saturated carbocycles. The van der Waals surface area contributed by atoms with Gasteiger partial charge in [0.25, 0.3) is 0 Å². The van der Waals surface area contributed by atoms with Gasteiger partial charge in [-0.1, -0.05) is 0 Å². The fraction of sp³-hybridized carbons (Fsp3) is 0.182. The average molecular weight is 311 g/mol. The Morgan fingerprint density at radius 1 is 1.61 bits per heavy atom. The van der Waals surface area contributed by atoms with Gasteiger partial charge >= 0.3 is 5.91 Å². The van der Waals surface area contributed by atoms with Crippen LogP contribution in [0.4, 0.5) is 0 Å². The third-order valence-electron chi connectivity index (χ3n) is 2.44. The topological polar surface area (TPSA) is 72.4 Å².